The van der Waals surface area contributed by atoms with Crippen LogP contribution in [0, 0.1) is 0 Å². The number of aliphatic hydroxyl groups excluding tert-OH is 1. The summed E-state index contributed by atoms with van der Waals surface area (Å²) in [5.41, 5.74) is 0.250. The molecule has 0 saturated carbocycles. The van der Waals surface area contributed by atoms with Crippen molar-refractivity contribution >= 4 is 29.1 Å². The van der Waals surface area contributed by atoms with Gasteiger partial charge in [0.2, 0.25) is 0 Å². The number of hydrogen-bond donors (Lipinski definition) is 2. The van der Waals surface area contributed by atoms with Gasteiger partial charge in [-0.3, -0.25) is 4.79 Å². The van der Waals surface area contributed by atoms with E-state index in [4.69, 9.17) is 28.3 Å². The van der Waals surface area contributed by atoms with Gasteiger partial charge in [0.1, 0.15) is 5.15 Å². The van der Waals surface area contributed by atoms with Crippen molar-refractivity contribution in [1.29, 1.82) is 0 Å². The number of pyridine rings is 1. The molecule has 4 nitrogen and oxygen atoms in total. The third-order valence-corrected chi connectivity index (χ3v) is 1.97. The number of nitrogens with one attached hydrogen (secondary N) is 1. The van der Waals surface area contributed by atoms with E-state index in [-0.39, 0.29) is 34.8 Å². The van der Waals surface area contributed by atoms with Gasteiger partial charge in [0.05, 0.1) is 17.2 Å². The van der Waals surface area contributed by atoms with Gasteiger partial charge < -0.3 is 10.4 Å². The standard InChI is InChI=1S/C8H8Cl2N2O2/c9-6-4-12-7(10)3-5(6)8(14)11-1-2-13/h3-4,13H,1-2H2,(H,11,14). The van der Waals surface area contributed by atoms with Gasteiger partial charge in [-0.2, -0.15) is 0 Å². The minimum Gasteiger partial charge on any atom is -0.395 e. The van der Waals surface area contributed by atoms with Crippen LogP contribution in [0.3, 0.4) is 0 Å². The zero-order chi connectivity index (χ0) is 10.6. The summed E-state index contributed by atoms with van der Waals surface area (Å²) in [6, 6.07) is 1.37. The van der Waals surface area contributed by atoms with Gasteiger partial charge in [0.25, 0.3) is 5.91 Å². The molecular formula is C8H8Cl2N2O2. The van der Waals surface area contributed by atoms with E-state index in [0.29, 0.717) is 0 Å². The SMILES string of the molecule is O=C(NCCO)c1cc(Cl)ncc1Cl. The van der Waals surface area contributed by atoms with Crippen LogP contribution in [0.2, 0.25) is 10.2 Å². The fraction of sp³-hybridized carbons (Fsp3) is 0.250. The van der Waals surface area contributed by atoms with Crippen molar-refractivity contribution < 1.29 is 9.90 Å². The lowest BCUT2D eigenvalue weighted by Gasteiger charge is -2.04. The van der Waals surface area contributed by atoms with Gasteiger partial charge in [-0.1, -0.05) is 23.2 Å². The van der Waals surface area contributed by atoms with E-state index >= 15 is 0 Å². The predicted octanol–water partition coefficient (Wildman–Crippen LogP) is 1.11. The van der Waals surface area contributed by atoms with Gasteiger partial charge >= 0.3 is 0 Å². The molecule has 1 rings (SSSR count). The van der Waals surface area contributed by atoms with Crippen LogP contribution in [0.1, 0.15) is 10.4 Å². The number of aromatic nitrogens is 1. The monoisotopic (exact) mass is 234 g/mol. The molecule has 1 aromatic heterocycles. The molecule has 1 amide bonds. The number of nitrogens with zero attached hydrogens (tertiary/aromatic N) is 1. The van der Waals surface area contributed by atoms with Gasteiger partial charge in [-0.25, -0.2) is 4.98 Å². The number of carbonyl (C=O) groups is 1. The molecule has 2 N–H and O–H groups in total. The number of aliphatic hydroxyl groups is 1. The summed E-state index contributed by atoms with van der Waals surface area (Å²) in [5, 5.41) is 11.4. The van der Waals surface area contributed by atoms with Gasteiger partial charge in [-0.15, -0.1) is 0 Å². The van der Waals surface area contributed by atoms with E-state index in [0.717, 1.165) is 0 Å². The molecule has 14 heavy (non-hydrogen) atoms. The van der Waals surface area contributed by atoms with Gasteiger partial charge in [-0.05, 0) is 6.07 Å². The van der Waals surface area contributed by atoms with Crippen molar-refractivity contribution in [3.8, 4) is 0 Å². The second-order valence-corrected chi connectivity index (χ2v) is 3.26. The van der Waals surface area contributed by atoms with E-state index in [1.165, 1.54) is 12.3 Å². The lowest BCUT2D eigenvalue weighted by molar-refractivity contribution is 0.0945. The summed E-state index contributed by atoms with van der Waals surface area (Å²) < 4.78 is 0. The molecule has 0 radical (unpaired) electrons. The lowest BCUT2D eigenvalue weighted by atomic mass is 10.2. The first-order valence-electron chi connectivity index (χ1n) is 3.85. The molecule has 0 aliphatic rings. The van der Waals surface area contributed by atoms with Crippen LogP contribution < -0.4 is 5.32 Å². The minimum absolute atomic E-state index is 0.123. The first-order chi connectivity index (χ1) is 6.65. The van der Waals surface area contributed by atoms with Crippen molar-refractivity contribution in [2.24, 2.45) is 0 Å². The maximum atomic E-state index is 11.4. The predicted molar refractivity (Wildman–Crippen MR) is 53.7 cm³/mol. The molecule has 0 bridgehead atoms. The van der Waals surface area contributed by atoms with Crippen LogP contribution in [0.15, 0.2) is 12.3 Å². The van der Waals surface area contributed by atoms with Crippen molar-refractivity contribution in [3.63, 3.8) is 0 Å². The maximum Gasteiger partial charge on any atom is 0.253 e. The average Bonchev–Trinajstić information content (AvgIpc) is 2.18. The maximum absolute atomic E-state index is 11.4. The summed E-state index contributed by atoms with van der Waals surface area (Å²) in [7, 11) is 0. The normalized spacial score (nSPS) is 9.93. The number of amides is 1. The average molecular weight is 235 g/mol. The Labute approximate surface area is 90.9 Å². The summed E-state index contributed by atoms with van der Waals surface area (Å²) >= 11 is 11.3. The molecule has 76 valence electrons. The third-order valence-electron chi connectivity index (χ3n) is 1.46. The Morgan fingerprint density at radius 3 is 2.93 bits per heavy atom. The molecule has 0 aromatic carbocycles. The first-order valence-corrected chi connectivity index (χ1v) is 4.61. The molecule has 6 heteroatoms. The minimum atomic E-state index is -0.381. The highest BCUT2D eigenvalue weighted by molar-refractivity contribution is 6.35. The smallest absolute Gasteiger partial charge is 0.253 e. The van der Waals surface area contributed by atoms with Crippen LogP contribution >= 0.6 is 23.2 Å². The molecule has 1 heterocycles. The highest BCUT2D eigenvalue weighted by atomic mass is 35.5. The first kappa shape index (κ1) is 11.2. The number of carbonyl (C=O) groups excluding carboxylic acids is 1. The van der Waals surface area contributed by atoms with Crippen LogP contribution in [0.25, 0.3) is 0 Å². The fourth-order valence-electron chi connectivity index (χ4n) is 0.852. The van der Waals surface area contributed by atoms with Gasteiger partial charge in [0, 0.05) is 12.7 Å². The second-order valence-electron chi connectivity index (χ2n) is 2.47. The van der Waals surface area contributed by atoms with Gasteiger partial charge in [0.15, 0.2) is 0 Å². The molecule has 0 spiro atoms. The molecule has 0 aliphatic carbocycles. The molecule has 0 unspecified atom stereocenters. The Kier molecular flexibility index (Phi) is 4.13. The zero-order valence-electron chi connectivity index (χ0n) is 7.13. The van der Waals surface area contributed by atoms with Crippen molar-refractivity contribution in [3.05, 3.63) is 28.0 Å². The fourth-order valence-corrected chi connectivity index (χ4v) is 1.20. The highest BCUT2D eigenvalue weighted by Gasteiger charge is 2.10. The van der Waals surface area contributed by atoms with E-state index in [1.54, 1.807) is 0 Å². The molecule has 0 saturated heterocycles. The number of halogens is 2. The van der Waals surface area contributed by atoms with E-state index in [2.05, 4.69) is 10.3 Å². The summed E-state index contributed by atoms with van der Waals surface area (Å²) in [4.78, 5) is 15.1. The number of hydrogen-bond acceptors (Lipinski definition) is 3. The topological polar surface area (TPSA) is 62.2 Å². The Morgan fingerprint density at radius 1 is 1.57 bits per heavy atom. The molecule has 0 fully saturated rings. The van der Waals surface area contributed by atoms with Crippen LogP contribution in [-0.2, 0) is 0 Å². The van der Waals surface area contributed by atoms with Crippen LogP contribution in [0.5, 0.6) is 0 Å². The van der Waals surface area contributed by atoms with Crippen molar-refractivity contribution in [1.82, 2.24) is 10.3 Å². The quantitative estimate of drug-likeness (QED) is 0.771. The van der Waals surface area contributed by atoms with E-state index < -0.39 is 0 Å². The Morgan fingerprint density at radius 2 is 2.29 bits per heavy atom. The Balaban J connectivity index is 2.83. The Bertz CT molecular complexity index is 344. The van der Waals surface area contributed by atoms with Crippen LogP contribution in [-0.4, -0.2) is 29.1 Å². The van der Waals surface area contributed by atoms with Crippen molar-refractivity contribution in [2.45, 2.75) is 0 Å². The zero-order valence-corrected chi connectivity index (χ0v) is 8.64. The molecule has 1 aromatic rings. The number of rotatable bonds is 3. The van der Waals surface area contributed by atoms with Crippen molar-refractivity contribution in [2.75, 3.05) is 13.2 Å². The lowest BCUT2D eigenvalue weighted by Crippen LogP contribution is -2.26. The second kappa shape index (κ2) is 5.14. The highest BCUT2D eigenvalue weighted by Crippen LogP contribution is 2.17. The summed E-state index contributed by atoms with van der Waals surface area (Å²) in [6.45, 7) is 0.0529. The third kappa shape index (κ3) is 2.83. The van der Waals surface area contributed by atoms with E-state index in [9.17, 15) is 4.79 Å². The summed E-state index contributed by atoms with van der Waals surface area (Å²) in [6.07, 6.45) is 1.30. The largest absolute Gasteiger partial charge is 0.395 e. The van der Waals surface area contributed by atoms with Crippen LogP contribution in [0.4, 0.5) is 0 Å². The van der Waals surface area contributed by atoms with E-state index in [1.807, 2.05) is 0 Å². The molecule has 0 aliphatic heterocycles. The Hall–Kier alpha value is -0.840. The molecular weight excluding hydrogens is 227 g/mol. The molecule has 0 atom stereocenters. The summed E-state index contributed by atoms with van der Waals surface area (Å²) in [5.74, 6) is -0.381.